The number of halogens is 2. The van der Waals surface area contributed by atoms with Crippen molar-refractivity contribution in [3.63, 3.8) is 0 Å². The Labute approximate surface area is 117 Å². The molecule has 0 heterocycles. The van der Waals surface area contributed by atoms with Crippen LogP contribution in [0.5, 0.6) is 0 Å². The maximum absolute atomic E-state index is 13.0. The van der Waals surface area contributed by atoms with E-state index in [0.29, 0.717) is 0 Å². The van der Waals surface area contributed by atoms with Crippen LogP contribution < -0.4 is 0 Å². The summed E-state index contributed by atoms with van der Waals surface area (Å²) in [6.45, 7) is 0. The Bertz CT molecular complexity index is 642. The van der Waals surface area contributed by atoms with Crippen molar-refractivity contribution in [2.45, 2.75) is 11.3 Å². The Hall–Kier alpha value is -1.88. The molecule has 0 saturated heterocycles. The smallest absolute Gasteiger partial charge is 0.160 e. The molecule has 1 atom stereocenters. The van der Waals surface area contributed by atoms with Gasteiger partial charge in [0.05, 0.1) is 16.6 Å². The minimum Gasteiger partial charge on any atom is -0.298 e. The van der Waals surface area contributed by atoms with E-state index in [1.54, 1.807) is 12.1 Å². The molecule has 104 valence electrons. The molecule has 2 rings (SSSR count). The van der Waals surface area contributed by atoms with Crippen molar-refractivity contribution in [3.05, 3.63) is 65.7 Å². The van der Waals surface area contributed by atoms with Crippen LogP contribution in [-0.4, -0.2) is 15.7 Å². The van der Waals surface area contributed by atoms with Crippen molar-refractivity contribution in [3.8, 4) is 0 Å². The molecule has 1 unspecified atom stereocenters. The quantitative estimate of drug-likeness (QED) is 0.849. The highest BCUT2D eigenvalue weighted by molar-refractivity contribution is 7.85. The molecule has 0 fully saturated rings. The molecule has 2 aromatic carbocycles. The molecule has 0 N–H and O–H groups in total. The minimum absolute atomic E-state index is 0.116. The van der Waals surface area contributed by atoms with Crippen molar-refractivity contribution < 1.29 is 17.8 Å². The summed E-state index contributed by atoms with van der Waals surface area (Å²) in [6.07, 6.45) is 0.177. The maximum atomic E-state index is 13.0. The maximum Gasteiger partial charge on any atom is 0.160 e. The molecule has 2 aromatic rings. The number of hydrogen-bond donors (Lipinski definition) is 0. The highest BCUT2D eigenvalue weighted by atomic mass is 32.2. The van der Waals surface area contributed by atoms with Crippen LogP contribution in [0.25, 0.3) is 0 Å². The minimum atomic E-state index is -1.66. The average molecular weight is 294 g/mol. The summed E-state index contributed by atoms with van der Waals surface area (Å²) in [7, 11) is -1.66. The van der Waals surface area contributed by atoms with E-state index in [9.17, 15) is 17.8 Å². The first-order valence-electron chi connectivity index (χ1n) is 5.95. The third-order valence-electron chi connectivity index (χ3n) is 2.69. The molecule has 0 aliphatic carbocycles. The van der Waals surface area contributed by atoms with E-state index in [0.717, 1.165) is 17.7 Å². The number of carbonyl (C=O) groups excluding carboxylic acids is 1. The Kier molecular flexibility index (Phi) is 4.74. The molecule has 0 spiro atoms. The lowest BCUT2D eigenvalue weighted by Gasteiger charge is -2.03. The molecule has 5 heteroatoms. The molecule has 0 radical (unpaired) electrons. The molecular weight excluding hydrogens is 282 g/mol. The van der Waals surface area contributed by atoms with E-state index in [1.807, 2.05) is 18.2 Å². The average Bonchev–Trinajstić information content (AvgIpc) is 2.42. The van der Waals surface area contributed by atoms with Gasteiger partial charge in [0.25, 0.3) is 0 Å². The van der Waals surface area contributed by atoms with Crippen LogP contribution in [0.2, 0.25) is 0 Å². The third-order valence-corrected chi connectivity index (χ3v) is 4.05. The summed E-state index contributed by atoms with van der Waals surface area (Å²) in [5, 5.41) is 0. The summed E-state index contributed by atoms with van der Waals surface area (Å²) in [4.78, 5) is 11.9. The predicted molar refractivity (Wildman–Crippen MR) is 72.8 cm³/mol. The van der Waals surface area contributed by atoms with Crippen LogP contribution in [0.3, 0.4) is 0 Å². The molecule has 0 aliphatic heterocycles. The fourth-order valence-electron chi connectivity index (χ4n) is 1.72. The lowest BCUT2D eigenvalue weighted by molar-refractivity contribution is -0.116. The molecule has 0 aliphatic rings. The van der Waals surface area contributed by atoms with Gasteiger partial charge in [-0.15, -0.1) is 0 Å². The van der Waals surface area contributed by atoms with Crippen molar-refractivity contribution in [1.29, 1.82) is 0 Å². The predicted octanol–water partition coefficient (Wildman–Crippen LogP) is 2.88. The van der Waals surface area contributed by atoms with Gasteiger partial charge in [0.1, 0.15) is 5.78 Å². The van der Waals surface area contributed by atoms with Gasteiger partial charge in [0.15, 0.2) is 11.6 Å². The van der Waals surface area contributed by atoms with Crippen LogP contribution in [-0.2, 0) is 22.0 Å². The van der Waals surface area contributed by atoms with E-state index in [4.69, 9.17) is 0 Å². The van der Waals surface area contributed by atoms with Gasteiger partial charge < -0.3 is 0 Å². The highest BCUT2D eigenvalue weighted by Crippen LogP contribution is 2.13. The lowest BCUT2D eigenvalue weighted by Crippen LogP contribution is -2.13. The largest absolute Gasteiger partial charge is 0.298 e. The summed E-state index contributed by atoms with van der Waals surface area (Å²) < 4.78 is 37.7. The van der Waals surface area contributed by atoms with Gasteiger partial charge in [0, 0.05) is 11.3 Å². The highest BCUT2D eigenvalue weighted by Gasteiger charge is 2.13. The van der Waals surface area contributed by atoms with Crippen molar-refractivity contribution in [2.75, 3.05) is 5.75 Å². The van der Waals surface area contributed by atoms with Gasteiger partial charge in [-0.3, -0.25) is 9.00 Å². The molecule has 2 nitrogen and oxygen atoms in total. The van der Waals surface area contributed by atoms with Gasteiger partial charge in [0.2, 0.25) is 0 Å². The number of benzene rings is 2. The number of hydrogen-bond acceptors (Lipinski definition) is 2. The van der Waals surface area contributed by atoms with Gasteiger partial charge in [-0.2, -0.15) is 0 Å². The Balaban J connectivity index is 2.00. The van der Waals surface area contributed by atoms with Crippen molar-refractivity contribution in [2.24, 2.45) is 0 Å². The number of carbonyl (C=O) groups is 1. The standard InChI is InChI=1S/C15H12F2O2S/c16-14-7-6-13(9-15(14)17)20(19)10-12(18)8-11-4-2-1-3-5-11/h1-7,9H,8,10H2. The van der Waals surface area contributed by atoms with Gasteiger partial charge in [-0.1, -0.05) is 30.3 Å². The summed E-state index contributed by atoms with van der Waals surface area (Å²) in [5.41, 5.74) is 0.833. The Morgan fingerprint density at radius 2 is 1.70 bits per heavy atom. The summed E-state index contributed by atoms with van der Waals surface area (Å²) in [6, 6.07) is 12.1. The SMILES string of the molecule is O=C(Cc1ccccc1)CS(=O)c1ccc(F)c(F)c1. The van der Waals surface area contributed by atoms with Gasteiger partial charge in [-0.25, -0.2) is 8.78 Å². The molecule has 0 amide bonds. The molecule has 0 aromatic heterocycles. The van der Waals surface area contributed by atoms with E-state index in [2.05, 4.69) is 0 Å². The van der Waals surface area contributed by atoms with Crippen LogP contribution in [0.1, 0.15) is 5.56 Å². The van der Waals surface area contributed by atoms with Crippen LogP contribution in [0.4, 0.5) is 8.78 Å². The zero-order chi connectivity index (χ0) is 14.5. The van der Waals surface area contributed by atoms with Crippen LogP contribution in [0, 0.1) is 11.6 Å². The zero-order valence-electron chi connectivity index (χ0n) is 10.5. The van der Waals surface area contributed by atoms with E-state index in [-0.39, 0.29) is 22.9 Å². The monoisotopic (exact) mass is 294 g/mol. The van der Waals surface area contributed by atoms with Gasteiger partial charge >= 0.3 is 0 Å². The van der Waals surface area contributed by atoms with E-state index < -0.39 is 22.4 Å². The Morgan fingerprint density at radius 1 is 1.00 bits per heavy atom. The first kappa shape index (κ1) is 14.5. The molecule has 0 bridgehead atoms. The van der Waals surface area contributed by atoms with E-state index in [1.165, 1.54) is 6.07 Å². The Morgan fingerprint density at radius 3 is 2.35 bits per heavy atom. The van der Waals surface area contributed by atoms with E-state index >= 15 is 0 Å². The van der Waals surface area contributed by atoms with Crippen molar-refractivity contribution >= 4 is 16.6 Å². The summed E-state index contributed by atoms with van der Waals surface area (Å²) >= 11 is 0. The lowest BCUT2D eigenvalue weighted by atomic mass is 10.1. The second-order valence-corrected chi connectivity index (χ2v) is 5.72. The summed E-state index contributed by atoms with van der Waals surface area (Å²) in [5.74, 6) is -2.48. The normalized spacial score (nSPS) is 12.1. The zero-order valence-corrected chi connectivity index (χ0v) is 11.3. The third kappa shape index (κ3) is 3.81. The topological polar surface area (TPSA) is 34.1 Å². The van der Waals surface area contributed by atoms with Crippen LogP contribution in [0.15, 0.2) is 53.4 Å². The van der Waals surface area contributed by atoms with Gasteiger partial charge in [-0.05, 0) is 23.8 Å². The number of ketones is 1. The molecular formula is C15H12F2O2S. The fourth-order valence-corrected chi connectivity index (χ4v) is 2.74. The first-order chi connectivity index (χ1) is 9.56. The fraction of sp³-hybridized carbons (Fsp3) is 0.133. The second-order valence-electron chi connectivity index (χ2n) is 4.27. The molecule has 20 heavy (non-hydrogen) atoms. The number of rotatable bonds is 5. The first-order valence-corrected chi connectivity index (χ1v) is 7.27. The molecule has 0 saturated carbocycles. The second kappa shape index (κ2) is 6.52. The van der Waals surface area contributed by atoms with Crippen molar-refractivity contribution in [1.82, 2.24) is 0 Å². The van der Waals surface area contributed by atoms with Crippen LogP contribution >= 0.6 is 0 Å². The number of Topliss-reactive ketones (excluding diaryl/α,β-unsaturated/α-hetero) is 1.